The fraction of sp³-hybridized carbons (Fsp3) is 0.217. The summed E-state index contributed by atoms with van der Waals surface area (Å²) >= 11 is 0. The van der Waals surface area contributed by atoms with E-state index in [0.29, 0.717) is 35.3 Å². The number of rotatable bonds is 6. The van der Waals surface area contributed by atoms with E-state index in [1.165, 1.54) is 6.07 Å². The van der Waals surface area contributed by atoms with E-state index in [9.17, 15) is 9.59 Å². The smallest absolute Gasteiger partial charge is 0.255 e. The number of nitrogens with zero attached hydrogens (tertiary/aromatic N) is 4. The molecule has 2 aromatic carbocycles. The van der Waals surface area contributed by atoms with Gasteiger partial charge in [0.2, 0.25) is 0 Å². The highest BCUT2D eigenvalue weighted by molar-refractivity contribution is 6.05. The van der Waals surface area contributed by atoms with Crippen molar-refractivity contribution in [2.75, 3.05) is 18.9 Å². The third-order valence-corrected chi connectivity index (χ3v) is 4.83. The number of aryl methyl sites for hydroxylation is 2. The lowest BCUT2D eigenvalue weighted by molar-refractivity contribution is 0.0796. The van der Waals surface area contributed by atoms with Crippen molar-refractivity contribution < 1.29 is 9.59 Å². The molecule has 0 fully saturated rings. The summed E-state index contributed by atoms with van der Waals surface area (Å²) in [6, 6.07) is 13.8. The maximum Gasteiger partial charge on any atom is 0.255 e. The first-order valence-electron chi connectivity index (χ1n) is 9.52. The maximum absolute atomic E-state index is 12.8. The molecule has 1 N–H and O–H groups in total. The molecule has 0 aliphatic heterocycles. The summed E-state index contributed by atoms with van der Waals surface area (Å²) in [5.74, 6) is -0.453. The molecule has 2 amide bonds. The van der Waals surface area contributed by atoms with Crippen LogP contribution in [0, 0.1) is 18.3 Å². The van der Waals surface area contributed by atoms with E-state index in [1.807, 2.05) is 32.3 Å². The van der Waals surface area contributed by atoms with Gasteiger partial charge in [0.05, 0.1) is 17.8 Å². The standard InChI is InChI=1S/C23H23N5O2/c1-16-7-8-20(23(30)27(2)10-9-18-14-25-28(3)15-18)12-21(16)26-22(29)19-6-4-5-17(11-19)13-24/h4-8,11-12,14-15H,9-10H2,1-3H3,(H,26,29). The van der Waals surface area contributed by atoms with E-state index in [-0.39, 0.29) is 11.8 Å². The predicted molar refractivity (Wildman–Crippen MR) is 114 cm³/mol. The quantitative estimate of drug-likeness (QED) is 0.687. The van der Waals surface area contributed by atoms with Gasteiger partial charge in [0, 0.05) is 43.7 Å². The first-order chi connectivity index (χ1) is 14.4. The third kappa shape index (κ3) is 4.92. The number of nitriles is 1. The number of likely N-dealkylation sites (N-methyl/N-ethyl adjacent to an activating group) is 1. The zero-order chi connectivity index (χ0) is 21.7. The Balaban J connectivity index is 1.71. The third-order valence-electron chi connectivity index (χ3n) is 4.83. The molecule has 30 heavy (non-hydrogen) atoms. The van der Waals surface area contributed by atoms with Crippen molar-refractivity contribution in [1.29, 1.82) is 5.26 Å². The van der Waals surface area contributed by atoms with Crippen molar-refractivity contribution in [2.24, 2.45) is 7.05 Å². The number of benzene rings is 2. The summed E-state index contributed by atoms with van der Waals surface area (Å²) < 4.78 is 1.73. The van der Waals surface area contributed by atoms with Crippen LogP contribution in [0.5, 0.6) is 0 Å². The van der Waals surface area contributed by atoms with E-state index in [1.54, 1.807) is 53.2 Å². The Hall–Kier alpha value is -3.92. The average molecular weight is 401 g/mol. The lowest BCUT2D eigenvalue weighted by Crippen LogP contribution is -2.29. The number of hydrogen-bond donors (Lipinski definition) is 1. The molecule has 0 aliphatic rings. The molecule has 0 spiro atoms. The van der Waals surface area contributed by atoms with Crippen LogP contribution >= 0.6 is 0 Å². The minimum atomic E-state index is -0.329. The fourth-order valence-electron chi connectivity index (χ4n) is 3.03. The number of nitrogens with one attached hydrogen (secondary N) is 1. The summed E-state index contributed by atoms with van der Waals surface area (Å²) in [7, 11) is 3.61. The number of carbonyl (C=O) groups is 2. The molecule has 0 saturated heterocycles. The predicted octanol–water partition coefficient (Wildman–Crippen LogP) is 3.17. The number of aromatic nitrogens is 2. The van der Waals surface area contributed by atoms with E-state index < -0.39 is 0 Å². The largest absolute Gasteiger partial charge is 0.341 e. The van der Waals surface area contributed by atoms with Gasteiger partial charge in [0.15, 0.2) is 0 Å². The molecular weight excluding hydrogens is 378 g/mol. The summed E-state index contributed by atoms with van der Waals surface area (Å²) in [6.07, 6.45) is 4.43. The van der Waals surface area contributed by atoms with Crippen molar-refractivity contribution in [1.82, 2.24) is 14.7 Å². The van der Waals surface area contributed by atoms with Gasteiger partial charge < -0.3 is 10.2 Å². The first-order valence-corrected chi connectivity index (χ1v) is 9.52. The zero-order valence-corrected chi connectivity index (χ0v) is 17.2. The molecule has 7 heteroatoms. The average Bonchev–Trinajstić information content (AvgIpc) is 3.18. The molecule has 7 nitrogen and oxygen atoms in total. The minimum absolute atomic E-state index is 0.124. The molecule has 3 rings (SSSR count). The normalized spacial score (nSPS) is 10.3. The molecule has 3 aromatic rings. The highest BCUT2D eigenvalue weighted by atomic mass is 16.2. The Morgan fingerprint density at radius 2 is 2.00 bits per heavy atom. The van der Waals surface area contributed by atoms with E-state index in [0.717, 1.165) is 11.1 Å². The maximum atomic E-state index is 12.8. The van der Waals surface area contributed by atoms with Gasteiger partial charge in [0.1, 0.15) is 0 Å². The van der Waals surface area contributed by atoms with Crippen LogP contribution in [0.1, 0.15) is 37.4 Å². The van der Waals surface area contributed by atoms with Crippen LogP contribution in [0.2, 0.25) is 0 Å². The van der Waals surface area contributed by atoms with Crippen LogP contribution in [-0.2, 0) is 13.5 Å². The number of carbonyl (C=O) groups excluding carboxylic acids is 2. The lowest BCUT2D eigenvalue weighted by atomic mass is 10.1. The Bertz CT molecular complexity index is 1130. The molecule has 0 saturated carbocycles. The van der Waals surface area contributed by atoms with Gasteiger partial charge in [-0.1, -0.05) is 12.1 Å². The summed E-state index contributed by atoms with van der Waals surface area (Å²) in [5, 5.41) is 16.0. The van der Waals surface area contributed by atoms with Crippen LogP contribution in [0.25, 0.3) is 0 Å². The molecule has 0 atom stereocenters. The van der Waals surface area contributed by atoms with Gasteiger partial charge in [-0.25, -0.2) is 0 Å². The van der Waals surface area contributed by atoms with E-state index in [4.69, 9.17) is 5.26 Å². The monoisotopic (exact) mass is 401 g/mol. The first kappa shape index (κ1) is 20.8. The van der Waals surface area contributed by atoms with E-state index >= 15 is 0 Å². The van der Waals surface area contributed by atoms with Crippen LogP contribution in [-0.4, -0.2) is 40.1 Å². The highest BCUT2D eigenvalue weighted by Gasteiger charge is 2.15. The van der Waals surface area contributed by atoms with Gasteiger partial charge in [0.25, 0.3) is 11.8 Å². The SMILES string of the molecule is Cc1ccc(C(=O)N(C)CCc2cnn(C)c2)cc1NC(=O)c1cccc(C#N)c1. The molecule has 0 aliphatic carbocycles. The number of hydrogen-bond acceptors (Lipinski definition) is 4. The molecule has 0 unspecified atom stereocenters. The van der Waals surface area contributed by atoms with Crippen molar-refractivity contribution >= 4 is 17.5 Å². The number of amides is 2. The van der Waals surface area contributed by atoms with Crippen molar-refractivity contribution in [2.45, 2.75) is 13.3 Å². The Morgan fingerprint density at radius 3 is 2.70 bits per heavy atom. The topological polar surface area (TPSA) is 91.0 Å². The van der Waals surface area contributed by atoms with Gasteiger partial charge in [-0.2, -0.15) is 10.4 Å². The highest BCUT2D eigenvalue weighted by Crippen LogP contribution is 2.19. The second-order valence-corrected chi connectivity index (χ2v) is 7.18. The molecule has 1 heterocycles. The second kappa shape index (κ2) is 9.05. The number of anilines is 1. The molecule has 0 bridgehead atoms. The van der Waals surface area contributed by atoms with Crippen molar-refractivity contribution in [3.8, 4) is 6.07 Å². The minimum Gasteiger partial charge on any atom is -0.341 e. The van der Waals surface area contributed by atoms with Crippen molar-refractivity contribution in [3.05, 3.63) is 82.7 Å². The molecular formula is C23H23N5O2. The second-order valence-electron chi connectivity index (χ2n) is 7.18. The van der Waals surface area contributed by atoms with Gasteiger partial charge in [-0.3, -0.25) is 14.3 Å². The summed E-state index contributed by atoms with van der Waals surface area (Å²) in [5.41, 5.74) is 3.77. The molecule has 0 radical (unpaired) electrons. The molecule has 1 aromatic heterocycles. The molecule has 152 valence electrons. The summed E-state index contributed by atoms with van der Waals surface area (Å²) in [4.78, 5) is 27.1. The van der Waals surface area contributed by atoms with Gasteiger partial charge in [-0.05, 0) is 54.8 Å². The summed E-state index contributed by atoms with van der Waals surface area (Å²) in [6.45, 7) is 2.42. The van der Waals surface area contributed by atoms with Crippen LogP contribution < -0.4 is 5.32 Å². The lowest BCUT2D eigenvalue weighted by Gasteiger charge is -2.18. The Labute approximate surface area is 175 Å². The van der Waals surface area contributed by atoms with E-state index in [2.05, 4.69) is 10.4 Å². The fourth-order valence-corrected chi connectivity index (χ4v) is 3.03. The Kier molecular flexibility index (Phi) is 6.28. The zero-order valence-electron chi connectivity index (χ0n) is 17.2. The van der Waals surface area contributed by atoms with Crippen LogP contribution in [0.3, 0.4) is 0 Å². The van der Waals surface area contributed by atoms with Gasteiger partial charge in [-0.15, -0.1) is 0 Å². The van der Waals surface area contributed by atoms with Crippen molar-refractivity contribution in [3.63, 3.8) is 0 Å². The van der Waals surface area contributed by atoms with Crippen LogP contribution in [0.15, 0.2) is 54.9 Å². The van der Waals surface area contributed by atoms with Gasteiger partial charge >= 0.3 is 0 Å². The Morgan fingerprint density at radius 1 is 1.20 bits per heavy atom. The van der Waals surface area contributed by atoms with Crippen LogP contribution in [0.4, 0.5) is 5.69 Å².